The maximum absolute atomic E-state index is 15.4. The molecule has 4 aliphatic rings. The Hall–Kier alpha value is -4.29. The third-order valence-electron chi connectivity index (χ3n) is 11.9. The molecule has 0 radical (unpaired) electrons. The first-order valence-electron chi connectivity index (χ1n) is 18.3. The molecule has 5 heterocycles. The number of nitrogens with zero attached hydrogens (tertiary/aromatic N) is 5. The summed E-state index contributed by atoms with van der Waals surface area (Å²) >= 11 is 6.32. The van der Waals surface area contributed by atoms with Crippen LogP contribution in [0.2, 0.25) is 5.02 Å². The van der Waals surface area contributed by atoms with Crippen molar-refractivity contribution in [2.45, 2.75) is 69.7 Å². The number of imide groups is 1. The lowest BCUT2D eigenvalue weighted by atomic mass is 9.71. The minimum atomic E-state index is -0.644. The number of amides is 3. The van der Waals surface area contributed by atoms with Crippen LogP contribution in [0.15, 0.2) is 47.4 Å². The van der Waals surface area contributed by atoms with E-state index in [0.717, 1.165) is 82.6 Å². The van der Waals surface area contributed by atoms with Gasteiger partial charge in [-0.15, -0.1) is 0 Å². The zero-order chi connectivity index (χ0) is 36.7. The molecule has 11 nitrogen and oxygen atoms in total. The smallest absolute Gasteiger partial charge is 0.287 e. The third-order valence-corrected chi connectivity index (χ3v) is 12.3. The van der Waals surface area contributed by atoms with Crippen LogP contribution in [0, 0.1) is 18.2 Å². The predicted molar refractivity (Wildman–Crippen MR) is 198 cm³/mol. The van der Waals surface area contributed by atoms with Crippen molar-refractivity contribution in [1.82, 2.24) is 24.9 Å². The molecule has 7 rings (SSSR count). The van der Waals surface area contributed by atoms with Gasteiger partial charge in [0.15, 0.2) is 0 Å². The highest BCUT2D eigenvalue weighted by Crippen LogP contribution is 2.43. The Morgan fingerprint density at radius 2 is 1.69 bits per heavy atom. The van der Waals surface area contributed by atoms with Gasteiger partial charge in [-0.05, 0) is 99.2 Å². The van der Waals surface area contributed by atoms with Crippen molar-refractivity contribution < 1.29 is 18.8 Å². The lowest BCUT2D eigenvalue weighted by Crippen LogP contribution is -2.48. The Morgan fingerprint density at radius 3 is 2.37 bits per heavy atom. The highest BCUT2D eigenvalue weighted by atomic mass is 35.5. The number of hydrogen-bond acceptors (Lipinski definition) is 8. The molecule has 0 bridgehead atoms. The Morgan fingerprint density at radius 1 is 1.00 bits per heavy atom. The molecule has 3 aromatic rings. The number of carbonyl (C=O) groups is 3. The largest absolute Gasteiger partial charge is 0.378 e. The van der Waals surface area contributed by atoms with E-state index in [-0.39, 0.29) is 46.2 Å². The molecule has 1 spiro atoms. The maximum atomic E-state index is 15.4. The fourth-order valence-corrected chi connectivity index (χ4v) is 9.06. The standard InChI is InChI=1S/C39H47ClFN7O4/c1-24-18-29(20-31(41)34(24)30-8-9-33(49)44-36(30)50)47-14-10-39(11-15-47)12-16-48(17-13-39)37(51)26-6-4-25(5-7-26)27-19-28(23-45(2)22-27)43-32-21-42-46(3)38(52)35(32)40/h4-7,18,20-21,27-28,30,43H,8-17,19,22-23H2,1-3H3,(H,44,49,50). The zero-order valence-corrected chi connectivity index (χ0v) is 30.8. The molecule has 4 saturated heterocycles. The summed E-state index contributed by atoms with van der Waals surface area (Å²) in [5, 5.41) is 10.0. The number of aromatic nitrogens is 2. The summed E-state index contributed by atoms with van der Waals surface area (Å²) in [4.78, 5) is 56.4. The molecule has 2 aromatic carbocycles. The van der Waals surface area contributed by atoms with Crippen LogP contribution in [-0.2, 0) is 16.6 Å². The number of rotatable bonds is 6. The van der Waals surface area contributed by atoms with E-state index in [1.807, 2.05) is 30.0 Å². The number of aryl methyl sites for hydroxylation is 2. The normalized spacial score (nSPS) is 23.8. The van der Waals surface area contributed by atoms with Gasteiger partial charge in [-0.2, -0.15) is 5.10 Å². The number of likely N-dealkylation sites (N-methyl/N-ethyl adjacent to an activating group) is 1. The Kier molecular flexibility index (Phi) is 10.1. The molecule has 13 heteroatoms. The van der Waals surface area contributed by atoms with Gasteiger partial charge in [0, 0.05) is 75.6 Å². The van der Waals surface area contributed by atoms with E-state index in [9.17, 15) is 19.2 Å². The summed E-state index contributed by atoms with van der Waals surface area (Å²) in [6.45, 7) is 6.60. The summed E-state index contributed by atoms with van der Waals surface area (Å²) in [5.41, 5.74) is 4.20. The number of carbonyl (C=O) groups excluding carboxylic acids is 3. The van der Waals surface area contributed by atoms with Crippen molar-refractivity contribution in [1.29, 1.82) is 0 Å². The average molecular weight is 732 g/mol. The summed E-state index contributed by atoms with van der Waals surface area (Å²) in [6.07, 6.45) is 6.85. The second kappa shape index (κ2) is 14.6. The van der Waals surface area contributed by atoms with Gasteiger partial charge in [0.2, 0.25) is 11.8 Å². The monoisotopic (exact) mass is 731 g/mol. The summed E-state index contributed by atoms with van der Waals surface area (Å²) in [7, 11) is 3.66. The minimum Gasteiger partial charge on any atom is -0.378 e. The molecular weight excluding hydrogens is 685 g/mol. The van der Waals surface area contributed by atoms with Crippen molar-refractivity contribution in [2.24, 2.45) is 12.5 Å². The van der Waals surface area contributed by atoms with Gasteiger partial charge in [0.05, 0.1) is 17.8 Å². The highest BCUT2D eigenvalue weighted by molar-refractivity contribution is 6.32. The van der Waals surface area contributed by atoms with Crippen LogP contribution in [0.5, 0.6) is 0 Å². The van der Waals surface area contributed by atoms with Crippen LogP contribution in [0.4, 0.5) is 15.8 Å². The van der Waals surface area contributed by atoms with Gasteiger partial charge >= 0.3 is 0 Å². The molecule has 3 unspecified atom stereocenters. The number of piperidine rings is 4. The maximum Gasteiger partial charge on any atom is 0.287 e. The number of halogens is 2. The van der Waals surface area contributed by atoms with Gasteiger partial charge in [-0.1, -0.05) is 23.7 Å². The van der Waals surface area contributed by atoms with Gasteiger partial charge in [0.25, 0.3) is 11.5 Å². The molecule has 4 aliphatic heterocycles. The van der Waals surface area contributed by atoms with Crippen molar-refractivity contribution in [2.75, 3.05) is 56.5 Å². The molecule has 276 valence electrons. The van der Waals surface area contributed by atoms with Crippen molar-refractivity contribution in [3.63, 3.8) is 0 Å². The molecular formula is C39H47ClFN7O4. The van der Waals surface area contributed by atoms with Gasteiger partial charge in [-0.25, -0.2) is 9.07 Å². The fourth-order valence-electron chi connectivity index (χ4n) is 8.83. The lowest BCUT2D eigenvalue weighted by Gasteiger charge is -2.47. The first kappa shape index (κ1) is 36.1. The molecule has 1 aromatic heterocycles. The summed E-state index contributed by atoms with van der Waals surface area (Å²) < 4.78 is 16.7. The molecule has 0 saturated carbocycles. The SMILES string of the molecule is Cc1cc(N2CCC3(CCN(C(=O)c4ccc(C5CC(Nc6cnn(C)c(=O)c6Cl)CN(C)C5)cc4)CC3)CC2)cc(F)c1C1CCC(=O)NC1=O. The van der Waals surface area contributed by atoms with Crippen LogP contribution in [0.3, 0.4) is 0 Å². The first-order valence-corrected chi connectivity index (χ1v) is 18.7. The summed E-state index contributed by atoms with van der Waals surface area (Å²) in [6, 6.07) is 11.6. The zero-order valence-electron chi connectivity index (χ0n) is 30.1. The van der Waals surface area contributed by atoms with Gasteiger partial charge < -0.3 is 20.0 Å². The third kappa shape index (κ3) is 7.32. The van der Waals surface area contributed by atoms with E-state index in [1.54, 1.807) is 19.3 Å². The number of likely N-dealkylation sites (tertiary alicyclic amines) is 2. The van der Waals surface area contributed by atoms with E-state index in [4.69, 9.17) is 11.6 Å². The van der Waals surface area contributed by atoms with Crippen molar-refractivity contribution in [3.8, 4) is 0 Å². The quantitative estimate of drug-likeness (QED) is 0.347. The van der Waals surface area contributed by atoms with E-state index < -0.39 is 17.6 Å². The topological polar surface area (TPSA) is 120 Å². The number of anilines is 2. The van der Waals surface area contributed by atoms with E-state index in [2.05, 4.69) is 44.7 Å². The Balaban J connectivity index is 0.921. The second-order valence-corrected chi connectivity index (χ2v) is 15.7. The van der Waals surface area contributed by atoms with Crippen LogP contribution in [-0.4, -0.2) is 89.7 Å². The van der Waals surface area contributed by atoms with Crippen molar-refractivity contribution in [3.05, 3.63) is 86.0 Å². The van der Waals surface area contributed by atoms with Gasteiger partial charge in [-0.3, -0.25) is 24.5 Å². The van der Waals surface area contributed by atoms with E-state index in [1.165, 1.54) is 10.2 Å². The number of benzene rings is 2. The average Bonchev–Trinajstić information content (AvgIpc) is 3.12. The van der Waals surface area contributed by atoms with E-state index in [0.29, 0.717) is 23.2 Å². The summed E-state index contributed by atoms with van der Waals surface area (Å²) in [5.74, 6) is -1.45. The van der Waals surface area contributed by atoms with Gasteiger partial charge in [0.1, 0.15) is 10.8 Å². The Bertz CT molecular complexity index is 1890. The molecule has 2 N–H and O–H groups in total. The van der Waals surface area contributed by atoms with E-state index >= 15 is 4.39 Å². The molecule has 3 atom stereocenters. The van der Waals surface area contributed by atoms with Crippen LogP contribution in [0.25, 0.3) is 0 Å². The molecule has 52 heavy (non-hydrogen) atoms. The molecule has 3 amide bonds. The highest BCUT2D eigenvalue weighted by Gasteiger charge is 2.39. The van der Waals surface area contributed by atoms with Crippen LogP contribution >= 0.6 is 11.6 Å². The second-order valence-electron chi connectivity index (χ2n) is 15.4. The van der Waals surface area contributed by atoms with Crippen LogP contribution in [0.1, 0.15) is 83.8 Å². The molecule has 0 aliphatic carbocycles. The minimum absolute atomic E-state index is 0.0639. The van der Waals surface area contributed by atoms with Crippen molar-refractivity contribution >= 4 is 40.7 Å². The molecule has 4 fully saturated rings. The lowest BCUT2D eigenvalue weighted by molar-refractivity contribution is -0.134. The number of nitrogens with one attached hydrogen (secondary N) is 2. The van der Waals surface area contributed by atoms with Crippen LogP contribution < -0.4 is 21.1 Å². The number of hydrogen-bond donors (Lipinski definition) is 2. The predicted octanol–water partition coefficient (Wildman–Crippen LogP) is 4.82. The first-order chi connectivity index (χ1) is 24.9. The fraction of sp³-hybridized carbons (Fsp3) is 0.513. The Labute approximate surface area is 308 Å².